The van der Waals surface area contributed by atoms with Gasteiger partial charge in [-0.05, 0) is 23.8 Å². The maximum atomic E-state index is 13.5. The van der Waals surface area contributed by atoms with E-state index in [0.29, 0.717) is 28.0 Å². The third-order valence-electron chi connectivity index (χ3n) is 3.81. The van der Waals surface area contributed by atoms with Crippen molar-refractivity contribution >= 4 is 29.5 Å². The molecule has 0 saturated heterocycles. The SMILES string of the molecule is O=Cc1cc(Cl)c(OCc2cccc(-c3cccc(F)c3)c2Cl)cc1O. The Bertz CT molecular complexity index is 973. The lowest BCUT2D eigenvalue weighted by Gasteiger charge is -2.13. The Morgan fingerprint density at radius 1 is 1.08 bits per heavy atom. The molecule has 0 unspecified atom stereocenters. The van der Waals surface area contributed by atoms with Gasteiger partial charge in [0.25, 0.3) is 0 Å². The molecule has 26 heavy (non-hydrogen) atoms. The van der Waals surface area contributed by atoms with Gasteiger partial charge in [-0.3, -0.25) is 4.79 Å². The molecule has 0 aliphatic rings. The number of rotatable bonds is 5. The van der Waals surface area contributed by atoms with Gasteiger partial charge in [0.05, 0.1) is 15.6 Å². The Kier molecular flexibility index (Phi) is 5.45. The molecule has 1 N–H and O–H groups in total. The number of carbonyl (C=O) groups excluding carboxylic acids is 1. The van der Waals surface area contributed by atoms with E-state index in [-0.39, 0.29) is 34.5 Å². The summed E-state index contributed by atoms with van der Waals surface area (Å²) in [6.07, 6.45) is 0.504. The van der Waals surface area contributed by atoms with E-state index in [1.807, 2.05) is 0 Å². The maximum Gasteiger partial charge on any atom is 0.153 e. The number of halogens is 3. The minimum absolute atomic E-state index is 0.0773. The number of carbonyl (C=O) groups is 1. The smallest absolute Gasteiger partial charge is 0.153 e. The standard InChI is InChI=1S/C20H13Cl2FO3/c21-17-8-14(10-24)18(25)9-19(17)26-11-13-4-2-6-16(20(13)22)12-3-1-5-15(23)7-12/h1-10,25H,11H2. The second kappa shape index (κ2) is 7.77. The van der Waals surface area contributed by atoms with Crippen molar-refractivity contribution in [1.82, 2.24) is 0 Å². The fourth-order valence-corrected chi connectivity index (χ4v) is 3.01. The van der Waals surface area contributed by atoms with Crippen LogP contribution >= 0.6 is 23.2 Å². The summed E-state index contributed by atoms with van der Waals surface area (Å²) in [5.74, 6) is -0.348. The van der Waals surface area contributed by atoms with Crippen molar-refractivity contribution in [2.75, 3.05) is 0 Å². The Morgan fingerprint density at radius 3 is 2.58 bits per heavy atom. The van der Waals surface area contributed by atoms with Crippen LogP contribution in [0.5, 0.6) is 11.5 Å². The number of aldehydes is 1. The predicted molar refractivity (Wildman–Crippen MR) is 99.7 cm³/mol. The van der Waals surface area contributed by atoms with Crippen LogP contribution in [0.3, 0.4) is 0 Å². The summed E-state index contributed by atoms with van der Waals surface area (Å²) in [6.45, 7) is 0.0849. The summed E-state index contributed by atoms with van der Waals surface area (Å²) in [7, 11) is 0. The van der Waals surface area contributed by atoms with Crippen LogP contribution in [0.15, 0.2) is 54.6 Å². The number of phenolic OH excluding ortho intramolecular Hbond substituents is 1. The highest BCUT2D eigenvalue weighted by atomic mass is 35.5. The summed E-state index contributed by atoms with van der Waals surface area (Å²) >= 11 is 12.5. The molecule has 0 fully saturated rings. The van der Waals surface area contributed by atoms with Crippen LogP contribution in [0, 0.1) is 5.82 Å². The van der Waals surface area contributed by atoms with Crippen LogP contribution in [-0.4, -0.2) is 11.4 Å². The lowest BCUT2D eigenvalue weighted by Crippen LogP contribution is -1.98. The van der Waals surface area contributed by atoms with Gasteiger partial charge >= 0.3 is 0 Å². The molecule has 0 aliphatic carbocycles. The van der Waals surface area contributed by atoms with Gasteiger partial charge in [0.2, 0.25) is 0 Å². The zero-order valence-corrected chi connectivity index (χ0v) is 14.9. The highest BCUT2D eigenvalue weighted by molar-refractivity contribution is 6.34. The summed E-state index contributed by atoms with van der Waals surface area (Å²) in [5, 5.41) is 10.4. The lowest BCUT2D eigenvalue weighted by molar-refractivity contribution is 0.112. The molecule has 6 heteroatoms. The van der Waals surface area contributed by atoms with Crippen LogP contribution in [0.4, 0.5) is 4.39 Å². The molecule has 3 aromatic carbocycles. The van der Waals surface area contributed by atoms with E-state index in [0.717, 1.165) is 0 Å². The van der Waals surface area contributed by atoms with Crippen LogP contribution in [-0.2, 0) is 6.61 Å². The summed E-state index contributed by atoms with van der Waals surface area (Å²) in [5.41, 5.74) is 2.08. The molecule has 0 atom stereocenters. The molecule has 3 rings (SSSR count). The van der Waals surface area contributed by atoms with E-state index in [2.05, 4.69) is 0 Å². The molecule has 0 saturated carbocycles. The van der Waals surface area contributed by atoms with Crippen molar-refractivity contribution in [1.29, 1.82) is 0 Å². The molecule has 0 heterocycles. The van der Waals surface area contributed by atoms with Crippen molar-refractivity contribution in [2.45, 2.75) is 6.61 Å². The molecular weight excluding hydrogens is 378 g/mol. The van der Waals surface area contributed by atoms with Crippen molar-refractivity contribution in [3.05, 3.63) is 81.6 Å². The second-order valence-corrected chi connectivity index (χ2v) is 6.32. The van der Waals surface area contributed by atoms with E-state index >= 15 is 0 Å². The monoisotopic (exact) mass is 390 g/mol. The molecule has 0 amide bonds. The molecule has 0 bridgehead atoms. The normalized spacial score (nSPS) is 10.6. The van der Waals surface area contributed by atoms with Gasteiger partial charge in [-0.25, -0.2) is 4.39 Å². The first-order valence-electron chi connectivity index (χ1n) is 7.63. The number of hydrogen-bond donors (Lipinski definition) is 1. The van der Waals surface area contributed by atoms with Crippen LogP contribution in [0.25, 0.3) is 11.1 Å². The summed E-state index contributed by atoms with van der Waals surface area (Å²) < 4.78 is 19.1. The van der Waals surface area contributed by atoms with Crippen molar-refractivity contribution in [3.63, 3.8) is 0 Å². The second-order valence-electron chi connectivity index (χ2n) is 5.54. The fourth-order valence-electron chi connectivity index (χ4n) is 2.49. The van der Waals surface area contributed by atoms with Gasteiger partial charge in [-0.2, -0.15) is 0 Å². The van der Waals surface area contributed by atoms with E-state index in [1.54, 1.807) is 30.3 Å². The van der Waals surface area contributed by atoms with Crippen LogP contribution in [0.2, 0.25) is 10.0 Å². The molecule has 0 aromatic heterocycles. The van der Waals surface area contributed by atoms with Crippen LogP contribution < -0.4 is 4.74 Å². The molecule has 3 nitrogen and oxygen atoms in total. The zero-order valence-electron chi connectivity index (χ0n) is 13.4. The van der Waals surface area contributed by atoms with Crippen LogP contribution in [0.1, 0.15) is 15.9 Å². The molecule has 0 aliphatic heterocycles. The van der Waals surface area contributed by atoms with Gasteiger partial charge < -0.3 is 9.84 Å². The van der Waals surface area contributed by atoms with E-state index in [9.17, 15) is 14.3 Å². The Labute approximate surface area is 159 Å². The molecular formula is C20H13Cl2FO3. The molecule has 0 spiro atoms. The number of aromatic hydroxyl groups is 1. The van der Waals surface area contributed by atoms with Gasteiger partial charge in [0.15, 0.2) is 6.29 Å². The third-order valence-corrected chi connectivity index (χ3v) is 4.55. The van der Waals surface area contributed by atoms with Gasteiger partial charge in [-0.1, -0.05) is 53.5 Å². The van der Waals surface area contributed by atoms with E-state index in [4.69, 9.17) is 27.9 Å². The van der Waals surface area contributed by atoms with E-state index in [1.165, 1.54) is 24.3 Å². The van der Waals surface area contributed by atoms with Gasteiger partial charge in [0, 0.05) is 17.2 Å². The van der Waals surface area contributed by atoms with Gasteiger partial charge in [0.1, 0.15) is 23.9 Å². The minimum atomic E-state index is -0.349. The van der Waals surface area contributed by atoms with Crippen molar-refractivity contribution in [3.8, 4) is 22.6 Å². The quantitative estimate of drug-likeness (QED) is 0.551. The van der Waals surface area contributed by atoms with E-state index < -0.39 is 0 Å². The molecule has 132 valence electrons. The Balaban J connectivity index is 1.87. The number of benzene rings is 3. The topological polar surface area (TPSA) is 46.5 Å². The first-order chi connectivity index (χ1) is 12.5. The average Bonchev–Trinajstić information content (AvgIpc) is 2.63. The minimum Gasteiger partial charge on any atom is -0.507 e. The average molecular weight is 391 g/mol. The summed E-state index contributed by atoms with van der Waals surface area (Å²) in [6, 6.07) is 14.1. The third kappa shape index (κ3) is 3.82. The van der Waals surface area contributed by atoms with Gasteiger partial charge in [-0.15, -0.1) is 0 Å². The zero-order chi connectivity index (χ0) is 18.7. The maximum absolute atomic E-state index is 13.5. The highest BCUT2D eigenvalue weighted by Crippen LogP contribution is 2.34. The molecule has 3 aromatic rings. The Hall–Kier alpha value is -2.56. The molecule has 0 radical (unpaired) electrons. The number of phenols is 1. The summed E-state index contributed by atoms with van der Waals surface area (Å²) in [4.78, 5) is 10.8. The first-order valence-corrected chi connectivity index (χ1v) is 8.39. The van der Waals surface area contributed by atoms with Crippen molar-refractivity contribution < 1.29 is 19.0 Å². The Morgan fingerprint density at radius 2 is 1.85 bits per heavy atom. The predicted octanol–water partition coefficient (Wildman–Crippen LogP) is 5.90. The number of hydrogen-bond acceptors (Lipinski definition) is 3. The highest BCUT2D eigenvalue weighted by Gasteiger charge is 2.12. The largest absolute Gasteiger partial charge is 0.507 e. The lowest BCUT2D eigenvalue weighted by atomic mass is 10.0. The number of ether oxygens (including phenoxy) is 1. The van der Waals surface area contributed by atoms with Crippen molar-refractivity contribution in [2.24, 2.45) is 0 Å². The first kappa shape index (κ1) is 18.2. The fraction of sp³-hybridized carbons (Fsp3) is 0.0500.